The molecule has 27 heavy (non-hydrogen) atoms. The Morgan fingerprint density at radius 3 is 2.48 bits per heavy atom. The van der Waals surface area contributed by atoms with Crippen molar-refractivity contribution in [3.05, 3.63) is 63.9 Å². The van der Waals surface area contributed by atoms with Gasteiger partial charge in [-0.1, -0.05) is 54.9 Å². The van der Waals surface area contributed by atoms with E-state index in [0.717, 1.165) is 28.8 Å². The first-order valence-electron chi connectivity index (χ1n) is 9.47. The summed E-state index contributed by atoms with van der Waals surface area (Å²) in [5, 5.41) is 3.75. The van der Waals surface area contributed by atoms with Gasteiger partial charge in [0.1, 0.15) is 0 Å². The number of pyridine rings is 1. The van der Waals surface area contributed by atoms with E-state index in [4.69, 9.17) is 9.41 Å². The number of halogens is 1. The highest BCUT2D eigenvalue weighted by Gasteiger charge is 2.27. The number of rotatable bonds is 8. The molecule has 0 unspecified atom stereocenters. The van der Waals surface area contributed by atoms with Gasteiger partial charge in [0.05, 0.1) is 17.0 Å². The van der Waals surface area contributed by atoms with Gasteiger partial charge in [0, 0.05) is 10.5 Å². The molecular formula is C22H31BrN2OSi. The molecule has 0 fully saturated rings. The van der Waals surface area contributed by atoms with Crippen molar-refractivity contribution in [2.75, 3.05) is 6.54 Å². The molecule has 0 bridgehead atoms. The molecular weight excluding hydrogens is 416 g/mol. The highest BCUT2D eigenvalue weighted by Crippen LogP contribution is 2.29. The molecule has 0 amide bonds. The van der Waals surface area contributed by atoms with Crippen molar-refractivity contribution in [1.82, 2.24) is 10.3 Å². The molecule has 5 heteroatoms. The minimum atomic E-state index is -0.391. The van der Waals surface area contributed by atoms with Crippen molar-refractivity contribution in [3.63, 3.8) is 0 Å². The Hall–Kier alpha value is -1.01. The van der Waals surface area contributed by atoms with E-state index in [1.165, 1.54) is 5.56 Å². The number of nitrogens with zero attached hydrogens (tertiary/aromatic N) is 1. The highest BCUT2D eigenvalue weighted by atomic mass is 79.9. The van der Waals surface area contributed by atoms with Crippen molar-refractivity contribution in [2.45, 2.75) is 64.6 Å². The molecule has 0 aliphatic carbocycles. The summed E-state index contributed by atoms with van der Waals surface area (Å²) < 4.78 is 7.33. The molecule has 1 heterocycles. The van der Waals surface area contributed by atoms with Crippen LogP contribution in [-0.2, 0) is 16.4 Å². The van der Waals surface area contributed by atoms with Gasteiger partial charge in [-0.15, -0.1) is 0 Å². The van der Waals surface area contributed by atoms with E-state index in [2.05, 4.69) is 105 Å². The summed E-state index contributed by atoms with van der Waals surface area (Å²) in [6, 6.07) is 14.9. The average Bonchev–Trinajstić information content (AvgIpc) is 2.60. The number of benzene rings is 1. The Balaban J connectivity index is 1.96. The standard InChI is InChI=1S/C22H31BrN2OSi/c1-16(24-14-13-17-9-7-10-18(23)15-17)19-11-8-12-20(25-19)22(5,6)26-27-21(2,3)4/h7-12,15-16,24H,13-14H2,1-6H3/t16-/m0/s1. The first-order chi connectivity index (χ1) is 12.6. The molecule has 0 spiro atoms. The van der Waals surface area contributed by atoms with E-state index in [1.807, 2.05) is 0 Å². The Morgan fingerprint density at radius 1 is 1.11 bits per heavy atom. The Bertz CT molecular complexity index is 743. The van der Waals surface area contributed by atoms with E-state index >= 15 is 0 Å². The molecule has 0 saturated heterocycles. The van der Waals surface area contributed by atoms with E-state index in [9.17, 15) is 0 Å². The first-order valence-corrected chi connectivity index (χ1v) is 11.2. The minimum absolute atomic E-state index is 0.163. The van der Waals surface area contributed by atoms with Crippen LogP contribution in [0, 0.1) is 0 Å². The lowest BCUT2D eigenvalue weighted by molar-refractivity contribution is 0.104. The molecule has 0 aliphatic rings. The molecule has 2 aromatic rings. The largest absolute Gasteiger partial charge is 0.406 e. The van der Waals surface area contributed by atoms with Crippen LogP contribution in [0.3, 0.4) is 0 Å². The van der Waals surface area contributed by atoms with Gasteiger partial charge in [0.25, 0.3) is 0 Å². The van der Waals surface area contributed by atoms with E-state index in [1.54, 1.807) is 0 Å². The molecule has 2 radical (unpaired) electrons. The topological polar surface area (TPSA) is 34.1 Å². The predicted octanol–water partition coefficient (Wildman–Crippen LogP) is 5.83. The zero-order valence-electron chi connectivity index (χ0n) is 17.3. The maximum atomic E-state index is 6.21. The number of hydrogen-bond acceptors (Lipinski definition) is 3. The molecule has 146 valence electrons. The van der Waals surface area contributed by atoms with Crippen LogP contribution in [0.15, 0.2) is 46.9 Å². The van der Waals surface area contributed by atoms with Crippen LogP contribution >= 0.6 is 15.9 Å². The summed E-state index contributed by atoms with van der Waals surface area (Å²) in [4.78, 5) is 4.89. The van der Waals surface area contributed by atoms with Gasteiger partial charge < -0.3 is 9.74 Å². The molecule has 3 nitrogen and oxygen atoms in total. The molecule has 1 aromatic carbocycles. The van der Waals surface area contributed by atoms with Crippen molar-refractivity contribution in [3.8, 4) is 0 Å². The Labute approximate surface area is 175 Å². The SMILES string of the molecule is C[C@H](NCCc1cccc(Br)c1)c1cccc(C(C)(C)O[Si]C(C)(C)C)n1. The summed E-state index contributed by atoms with van der Waals surface area (Å²) >= 11 is 3.53. The molecule has 0 saturated carbocycles. The van der Waals surface area contributed by atoms with E-state index in [0.29, 0.717) is 9.76 Å². The van der Waals surface area contributed by atoms with Gasteiger partial charge in [-0.05, 0) is 68.6 Å². The quantitative estimate of drug-likeness (QED) is 0.518. The number of aromatic nitrogens is 1. The fraction of sp³-hybridized carbons (Fsp3) is 0.500. The van der Waals surface area contributed by atoms with Gasteiger partial charge >= 0.3 is 0 Å². The van der Waals surface area contributed by atoms with Crippen LogP contribution in [-0.4, -0.2) is 21.3 Å². The number of nitrogens with one attached hydrogen (secondary N) is 1. The molecule has 2 rings (SSSR count). The van der Waals surface area contributed by atoms with Gasteiger partial charge in [0.15, 0.2) is 0 Å². The van der Waals surface area contributed by atoms with Crippen molar-refractivity contribution in [1.29, 1.82) is 0 Å². The lowest BCUT2D eigenvalue weighted by Gasteiger charge is -2.29. The Morgan fingerprint density at radius 2 is 1.81 bits per heavy atom. The molecule has 0 aliphatic heterocycles. The van der Waals surface area contributed by atoms with Crippen LogP contribution in [0.25, 0.3) is 0 Å². The molecule has 1 atom stereocenters. The third-order valence-corrected chi connectivity index (χ3v) is 5.91. The number of hydrogen-bond donors (Lipinski definition) is 1. The van der Waals surface area contributed by atoms with Crippen LogP contribution in [0.4, 0.5) is 0 Å². The fourth-order valence-electron chi connectivity index (χ4n) is 2.59. The normalized spacial score (nSPS) is 13.6. The predicted molar refractivity (Wildman–Crippen MR) is 118 cm³/mol. The second-order valence-corrected chi connectivity index (χ2v) is 11.3. The third kappa shape index (κ3) is 7.49. The van der Waals surface area contributed by atoms with Crippen LogP contribution in [0.5, 0.6) is 0 Å². The second kappa shape index (κ2) is 9.46. The molecule has 1 N–H and O–H groups in total. The highest BCUT2D eigenvalue weighted by molar-refractivity contribution is 9.10. The zero-order valence-corrected chi connectivity index (χ0v) is 19.9. The zero-order chi connectivity index (χ0) is 20.1. The van der Waals surface area contributed by atoms with Crippen molar-refractivity contribution in [2.24, 2.45) is 0 Å². The maximum Gasteiger partial charge on any atom is 0.237 e. The average molecular weight is 447 g/mol. The van der Waals surface area contributed by atoms with Crippen molar-refractivity contribution >= 4 is 25.7 Å². The van der Waals surface area contributed by atoms with E-state index < -0.39 is 5.60 Å². The maximum absolute atomic E-state index is 6.21. The van der Waals surface area contributed by atoms with Crippen LogP contribution in [0.2, 0.25) is 5.04 Å². The first kappa shape index (κ1) is 22.3. The van der Waals surface area contributed by atoms with Gasteiger partial charge in [-0.2, -0.15) is 0 Å². The Kier molecular flexibility index (Phi) is 7.80. The summed E-state index contributed by atoms with van der Waals surface area (Å²) in [6.07, 6.45) is 0.991. The monoisotopic (exact) mass is 446 g/mol. The van der Waals surface area contributed by atoms with Crippen molar-refractivity contribution < 1.29 is 4.43 Å². The summed E-state index contributed by atoms with van der Waals surface area (Å²) in [6.45, 7) is 13.9. The van der Waals surface area contributed by atoms with E-state index in [-0.39, 0.29) is 11.1 Å². The third-order valence-electron chi connectivity index (χ3n) is 4.20. The lowest BCUT2D eigenvalue weighted by atomic mass is 10.0. The lowest BCUT2D eigenvalue weighted by Crippen LogP contribution is -2.29. The fourth-order valence-corrected chi connectivity index (χ4v) is 3.70. The summed E-state index contributed by atoms with van der Waals surface area (Å²) in [5.41, 5.74) is 2.97. The van der Waals surface area contributed by atoms with Gasteiger partial charge in [0.2, 0.25) is 9.76 Å². The van der Waals surface area contributed by atoms with Gasteiger partial charge in [-0.25, -0.2) is 0 Å². The summed E-state index contributed by atoms with van der Waals surface area (Å²) in [5.74, 6) is 0. The smallest absolute Gasteiger partial charge is 0.237 e. The van der Waals surface area contributed by atoms with Gasteiger partial charge in [-0.3, -0.25) is 4.98 Å². The van der Waals surface area contributed by atoms with Crippen LogP contribution < -0.4 is 5.32 Å². The second-order valence-electron chi connectivity index (χ2n) is 8.47. The molecule has 1 aromatic heterocycles. The van der Waals surface area contributed by atoms with Crippen LogP contribution in [0.1, 0.15) is 64.5 Å². The minimum Gasteiger partial charge on any atom is -0.406 e. The summed E-state index contributed by atoms with van der Waals surface area (Å²) in [7, 11) is 0.433.